The fourth-order valence-corrected chi connectivity index (χ4v) is 6.39. The zero-order chi connectivity index (χ0) is 30.1. The Bertz CT molecular complexity index is 1460. The molecule has 0 amide bonds. The van der Waals surface area contributed by atoms with Crippen LogP contribution in [0, 0.1) is 5.92 Å². The number of nitrogens with zero attached hydrogens (tertiary/aromatic N) is 4. The van der Waals surface area contributed by atoms with E-state index in [0.717, 1.165) is 19.3 Å². The topological polar surface area (TPSA) is 165 Å². The molecule has 5 atom stereocenters. The molecule has 1 saturated heterocycles. The lowest BCUT2D eigenvalue weighted by molar-refractivity contribution is -0.173. The third-order valence-corrected chi connectivity index (χ3v) is 8.70. The highest BCUT2D eigenvalue weighted by Crippen LogP contribution is 2.49. The molecule has 0 bridgehead atoms. The number of carbonyl (C=O) groups is 1. The van der Waals surface area contributed by atoms with Crippen molar-refractivity contribution in [2.75, 3.05) is 17.7 Å². The fourth-order valence-electron chi connectivity index (χ4n) is 4.87. The number of hydrogen-bond donors (Lipinski definition) is 3. The summed E-state index contributed by atoms with van der Waals surface area (Å²) in [6.07, 6.45) is 3.45. The number of esters is 1. The molecule has 1 aliphatic heterocycles. The number of hydrogen-bond acceptors (Lipinski definition) is 11. The van der Waals surface area contributed by atoms with Crippen LogP contribution in [0.15, 0.2) is 36.7 Å². The molecule has 1 aliphatic carbocycles. The number of benzene rings is 1. The van der Waals surface area contributed by atoms with Crippen LogP contribution in [0.25, 0.3) is 11.2 Å². The lowest BCUT2D eigenvalue weighted by Gasteiger charge is -2.27. The van der Waals surface area contributed by atoms with Gasteiger partial charge in [0.05, 0.1) is 12.4 Å². The number of aromatic nitrogens is 4. The largest absolute Gasteiger partial charge is 0.462 e. The van der Waals surface area contributed by atoms with Gasteiger partial charge in [0.15, 0.2) is 17.0 Å². The van der Waals surface area contributed by atoms with Crippen LogP contribution in [0.2, 0.25) is 0 Å². The lowest BCUT2D eigenvalue weighted by Crippen LogP contribution is -2.37. The maximum Gasteiger partial charge on any atom is 0.459 e. The smallest absolute Gasteiger partial charge is 0.459 e. The van der Waals surface area contributed by atoms with Gasteiger partial charge in [-0.05, 0) is 52.2 Å². The van der Waals surface area contributed by atoms with Gasteiger partial charge < -0.3 is 25.0 Å². The highest BCUT2D eigenvalue weighted by atomic mass is 31.2. The van der Waals surface area contributed by atoms with Gasteiger partial charge in [-0.25, -0.2) is 13.9 Å². The first kappa shape index (κ1) is 30.1. The molecular formula is C27H37FN7O6P. The van der Waals surface area contributed by atoms with Crippen LogP contribution >= 0.6 is 7.75 Å². The number of fused-ring (bicyclic) bond motifs is 1. The second-order valence-electron chi connectivity index (χ2n) is 11.1. The van der Waals surface area contributed by atoms with Crippen molar-refractivity contribution in [1.82, 2.24) is 24.6 Å². The van der Waals surface area contributed by atoms with Gasteiger partial charge in [0.25, 0.3) is 0 Å². The summed E-state index contributed by atoms with van der Waals surface area (Å²) in [6, 6.07) is 7.47. The molecule has 13 nitrogen and oxygen atoms in total. The summed E-state index contributed by atoms with van der Waals surface area (Å²) in [7, 11) is -4.29. The molecule has 0 spiro atoms. The van der Waals surface area contributed by atoms with Gasteiger partial charge in [-0.2, -0.15) is 15.1 Å². The van der Waals surface area contributed by atoms with Crippen LogP contribution in [0.1, 0.15) is 59.6 Å². The number of halogens is 1. The summed E-state index contributed by atoms with van der Waals surface area (Å²) in [5, 5.41) is 5.92. The number of carbonyl (C=O) groups excluding carboxylic acids is 1. The van der Waals surface area contributed by atoms with Gasteiger partial charge in [0.2, 0.25) is 11.8 Å². The quantitative estimate of drug-likeness (QED) is 0.192. The molecule has 2 aromatic heterocycles. The molecule has 0 radical (unpaired) electrons. The Labute approximate surface area is 243 Å². The summed E-state index contributed by atoms with van der Waals surface area (Å²) < 4.78 is 53.9. The van der Waals surface area contributed by atoms with Gasteiger partial charge in [-0.15, -0.1) is 0 Å². The molecule has 42 heavy (non-hydrogen) atoms. The number of ether oxygens (including phenoxy) is 2. The number of nitrogens with two attached hydrogens (primary N) is 1. The summed E-state index contributed by atoms with van der Waals surface area (Å²) in [4.78, 5) is 25.5. The van der Waals surface area contributed by atoms with E-state index in [1.54, 1.807) is 48.7 Å². The predicted molar refractivity (Wildman–Crippen MR) is 153 cm³/mol. The van der Waals surface area contributed by atoms with Crippen molar-refractivity contribution in [2.24, 2.45) is 5.92 Å². The number of rotatable bonds is 12. The summed E-state index contributed by atoms with van der Waals surface area (Å²) in [5.74, 6) is -2.56. The molecule has 2 fully saturated rings. The van der Waals surface area contributed by atoms with Crippen LogP contribution in [0.5, 0.6) is 5.75 Å². The van der Waals surface area contributed by atoms with E-state index in [1.165, 1.54) is 13.3 Å². The molecule has 2 aliphatic rings. The molecule has 228 valence electrons. The molecule has 0 unspecified atom stereocenters. The third-order valence-electron chi connectivity index (χ3n) is 7.08. The van der Waals surface area contributed by atoms with Gasteiger partial charge in [-0.3, -0.25) is 13.9 Å². The fraction of sp³-hybridized carbons (Fsp3) is 0.556. The SMILES string of the molecule is CC(C)OC(=O)[C@H](C)N[P@](=O)(OC[C@]1(F)C[C@H](C)[C@H](n2cnc3c(NC4CCC4)nc(N)nc32)O1)Oc1ccccc1. The average Bonchev–Trinajstić information content (AvgIpc) is 3.45. The van der Waals surface area contributed by atoms with Crippen molar-refractivity contribution in [1.29, 1.82) is 0 Å². The standard InChI is InChI=1S/C27H37FN7O6P/c1-16(2)39-25(36)18(4)34-42(37,41-20-11-6-5-7-12-20)38-14-27(28)13-17(3)24(40-27)35-15-30-21-22(31-19-9-8-10-19)32-26(29)33-23(21)35/h5-7,11-12,15-19,24H,8-10,13-14H2,1-4H3,(H,34,37)(H3,29,31,32,33)/t17-,18-,24+,27-,42-/m0/s1. The van der Waals surface area contributed by atoms with Crippen LogP contribution in [-0.4, -0.2) is 56.1 Å². The number of para-hydroxylation sites is 1. The summed E-state index contributed by atoms with van der Waals surface area (Å²) in [6.45, 7) is 5.92. The Morgan fingerprint density at radius 1 is 1.26 bits per heavy atom. The number of nitrogens with one attached hydrogen (secondary N) is 2. The first-order chi connectivity index (χ1) is 19.9. The van der Waals surface area contributed by atoms with Crippen molar-refractivity contribution >= 4 is 36.6 Å². The van der Waals surface area contributed by atoms with Crippen LogP contribution < -0.4 is 20.7 Å². The second-order valence-corrected chi connectivity index (χ2v) is 12.8. The van der Waals surface area contributed by atoms with Gasteiger partial charge in [0.1, 0.15) is 24.6 Å². The van der Waals surface area contributed by atoms with Gasteiger partial charge in [-0.1, -0.05) is 25.1 Å². The predicted octanol–water partition coefficient (Wildman–Crippen LogP) is 4.73. The molecule has 1 saturated carbocycles. The molecule has 4 N–H and O–H groups in total. The van der Waals surface area contributed by atoms with E-state index < -0.39 is 38.4 Å². The van der Waals surface area contributed by atoms with Gasteiger partial charge >= 0.3 is 13.7 Å². The Balaban J connectivity index is 1.33. The molecule has 3 heterocycles. The monoisotopic (exact) mass is 605 g/mol. The van der Waals surface area contributed by atoms with E-state index >= 15 is 4.39 Å². The summed E-state index contributed by atoms with van der Waals surface area (Å²) in [5.41, 5.74) is 6.91. The zero-order valence-electron chi connectivity index (χ0n) is 24.0. The number of imidazole rings is 1. The van der Waals surface area contributed by atoms with E-state index in [-0.39, 0.29) is 30.1 Å². The highest BCUT2D eigenvalue weighted by molar-refractivity contribution is 7.52. The molecule has 5 rings (SSSR count). The van der Waals surface area contributed by atoms with E-state index in [9.17, 15) is 9.36 Å². The normalized spacial score (nSPS) is 24.7. The van der Waals surface area contributed by atoms with E-state index in [4.69, 9.17) is 24.3 Å². The van der Waals surface area contributed by atoms with Gasteiger partial charge in [0, 0.05) is 18.4 Å². The Morgan fingerprint density at radius 3 is 2.67 bits per heavy atom. The zero-order valence-corrected chi connectivity index (χ0v) is 24.9. The maximum atomic E-state index is 16.2. The minimum atomic E-state index is -4.29. The first-order valence-electron chi connectivity index (χ1n) is 14.0. The first-order valence-corrected chi connectivity index (χ1v) is 15.6. The van der Waals surface area contributed by atoms with E-state index in [1.807, 2.05) is 6.92 Å². The minimum Gasteiger partial charge on any atom is -0.462 e. The number of alkyl halides is 1. The van der Waals surface area contributed by atoms with Crippen LogP contribution in [-0.2, 0) is 23.4 Å². The van der Waals surface area contributed by atoms with Crippen molar-refractivity contribution in [3.05, 3.63) is 36.7 Å². The van der Waals surface area contributed by atoms with Crippen molar-refractivity contribution in [3.8, 4) is 5.75 Å². The highest BCUT2D eigenvalue weighted by Gasteiger charge is 2.49. The average molecular weight is 606 g/mol. The minimum absolute atomic E-state index is 0.0572. The summed E-state index contributed by atoms with van der Waals surface area (Å²) >= 11 is 0. The molecule has 1 aromatic carbocycles. The molecule has 15 heteroatoms. The lowest BCUT2D eigenvalue weighted by atomic mass is 9.93. The third kappa shape index (κ3) is 6.83. The van der Waals surface area contributed by atoms with Crippen LogP contribution in [0.3, 0.4) is 0 Å². The number of nitrogen functional groups attached to an aromatic ring is 1. The molecule has 3 aromatic rings. The van der Waals surface area contributed by atoms with Crippen molar-refractivity contribution < 1.29 is 32.3 Å². The Kier molecular flexibility index (Phi) is 8.70. The Hall–Kier alpha value is -3.32. The van der Waals surface area contributed by atoms with E-state index in [2.05, 4.69) is 25.4 Å². The second kappa shape index (κ2) is 12.1. The van der Waals surface area contributed by atoms with Crippen molar-refractivity contribution in [3.63, 3.8) is 0 Å². The Morgan fingerprint density at radius 2 is 2.00 bits per heavy atom. The van der Waals surface area contributed by atoms with Crippen molar-refractivity contribution in [2.45, 2.75) is 83.6 Å². The number of anilines is 2. The van der Waals surface area contributed by atoms with Crippen LogP contribution in [0.4, 0.5) is 16.2 Å². The molecular weight excluding hydrogens is 568 g/mol. The maximum absolute atomic E-state index is 16.2. The van der Waals surface area contributed by atoms with E-state index in [0.29, 0.717) is 23.0 Å².